The standard InChI is InChI=1S/C18H20N2O3/c1-12-8-9-14(13(2)10-12)19-17(21)11-18(22)20-15-6-4-5-7-16(15)23-3/h4-10H,11H2,1-3H3,(H,19,21)(H,20,22). The monoisotopic (exact) mass is 312 g/mol. The molecule has 120 valence electrons. The Bertz CT molecular complexity index is 726. The molecule has 2 aromatic rings. The fourth-order valence-corrected chi connectivity index (χ4v) is 2.24. The van der Waals surface area contributed by atoms with Crippen molar-refractivity contribution in [1.82, 2.24) is 0 Å². The Morgan fingerprint density at radius 1 is 0.957 bits per heavy atom. The number of carbonyl (C=O) groups is 2. The molecule has 0 radical (unpaired) electrons. The average molecular weight is 312 g/mol. The van der Waals surface area contributed by atoms with E-state index in [1.54, 1.807) is 24.3 Å². The molecule has 2 amide bonds. The number of anilines is 2. The van der Waals surface area contributed by atoms with Crippen LogP contribution in [0.4, 0.5) is 11.4 Å². The van der Waals surface area contributed by atoms with E-state index >= 15 is 0 Å². The predicted octanol–water partition coefficient (Wildman–Crippen LogP) is 3.28. The zero-order valence-electron chi connectivity index (χ0n) is 13.5. The van der Waals surface area contributed by atoms with E-state index in [1.807, 2.05) is 32.0 Å². The fourth-order valence-electron chi connectivity index (χ4n) is 2.24. The fraction of sp³-hybridized carbons (Fsp3) is 0.222. The number of hydrogen-bond donors (Lipinski definition) is 2. The van der Waals surface area contributed by atoms with Crippen molar-refractivity contribution >= 4 is 23.2 Å². The van der Waals surface area contributed by atoms with Crippen molar-refractivity contribution in [2.24, 2.45) is 0 Å². The number of carbonyl (C=O) groups excluding carboxylic acids is 2. The summed E-state index contributed by atoms with van der Waals surface area (Å²) < 4.78 is 5.16. The molecule has 0 saturated heterocycles. The highest BCUT2D eigenvalue weighted by Gasteiger charge is 2.12. The van der Waals surface area contributed by atoms with Crippen LogP contribution < -0.4 is 15.4 Å². The molecule has 23 heavy (non-hydrogen) atoms. The number of amides is 2. The average Bonchev–Trinajstić information content (AvgIpc) is 2.50. The summed E-state index contributed by atoms with van der Waals surface area (Å²) in [5, 5.41) is 5.43. The van der Waals surface area contributed by atoms with Crippen LogP contribution in [0.1, 0.15) is 17.5 Å². The Kier molecular flexibility index (Phi) is 5.36. The van der Waals surface area contributed by atoms with Crippen molar-refractivity contribution in [3.05, 3.63) is 53.6 Å². The Morgan fingerprint density at radius 3 is 2.26 bits per heavy atom. The number of aryl methyl sites for hydroxylation is 2. The van der Waals surface area contributed by atoms with Gasteiger partial charge < -0.3 is 15.4 Å². The molecule has 0 atom stereocenters. The largest absolute Gasteiger partial charge is 0.495 e. The van der Waals surface area contributed by atoms with E-state index in [1.165, 1.54) is 7.11 Å². The van der Waals surface area contributed by atoms with Crippen molar-refractivity contribution in [2.75, 3.05) is 17.7 Å². The van der Waals surface area contributed by atoms with Gasteiger partial charge in [0, 0.05) is 5.69 Å². The quantitative estimate of drug-likeness (QED) is 0.833. The van der Waals surface area contributed by atoms with Crippen LogP contribution in [0.15, 0.2) is 42.5 Å². The van der Waals surface area contributed by atoms with Crippen LogP contribution >= 0.6 is 0 Å². The van der Waals surface area contributed by atoms with E-state index in [4.69, 9.17) is 4.74 Å². The van der Waals surface area contributed by atoms with Gasteiger partial charge in [0.25, 0.3) is 0 Å². The van der Waals surface area contributed by atoms with Gasteiger partial charge in [-0.05, 0) is 37.6 Å². The third kappa shape index (κ3) is 4.57. The molecule has 0 unspecified atom stereocenters. The molecule has 0 heterocycles. The minimum atomic E-state index is -0.392. The highest BCUT2D eigenvalue weighted by Crippen LogP contribution is 2.23. The summed E-state index contributed by atoms with van der Waals surface area (Å²) in [4.78, 5) is 24.0. The molecule has 0 aromatic heterocycles. The Morgan fingerprint density at radius 2 is 1.61 bits per heavy atom. The third-order valence-electron chi connectivity index (χ3n) is 3.36. The molecule has 2 aromatic carbocycles. The number of rotatable bonds is 5. The van der Waals surface area contributed by atoms with E-state index in [9.17, 15) is 9.59 Å². The molecule has 0 fully saturated rings. The number of nitrogens with one attached hydrogen (secondary N) is 2. The van der Waals surface area contributed by atoms with Crippen LogP contribution in [0.5, 0.6) is 5.75 Å². The summed E-state index contributed by atoms with van der Waals surface area (Å²) in [6, 6.07) is 12.8. The normalized spacial score (nSPS) is 10.0. The first kappa shape index (κ1) is 16.5. The minimum absolute atomic E-state index is 0.259. The lowest BCUT2D eigenvalue weighted by Crippen LogP contribution is -2.22. The van der Waals surface area contributed by atoms with Crippen molar-refractivity contribution in [1.29, 1.82) is 0 Å². The van der Waals surface area contributed by atoms with Crippen LogP contribution in [0.25, 0.3) is 0 Å². The number of benzene rings is 2. The van der Waals surface area contributed by atoms with E-state index in [0.29, 0.717) is 17.1 Å². The van der Waals surface area contributed by atoms with Gasteiger partial charge in [0.1, 0.15) is 12.2 Å². The van der Waals surface area contributed by atoms with Gasteiger partial charge in [-0.1, -0.05) is 29.8 Å². The first-order chi connectivity index (χ1) is 11.0. The first-order valence-corrected chi connectivity index (χ1v) is 7.29. The molecule has 0 bridgehead atoms. The van der Waals surface area contributed by atoms with Gasteiger partial charge in [-0.15, -0.1) is 0 Å². The van der Waals surface area contributed by atoms with Crippen LogP contribution in [-0.4, -0.2) is 18.9 Å². The molecule has 0 aliphatic carbocycles. The van der Waals surface area contributed by atoms with Crippen LogP contribution in [0.3, 0.4) is 0 Å². The van der Waals surface area contributed by atoms with Crippen molar-refractivity contribution in [2.45, 2.75) is 20.3 Å². The zero-order chi connectivity index (χ0) is 16.8. The maximum Gasteiger partial charge on any atom is 0.233 e. The van der Waals surface area contributed by atoms with Crippen LogP contribution in [0, 0.1) is 13.8 Å². The van der Waals surface area contributed by atoms with Crippen LogP contribution in [0.2, 0.25) is 0 Å². The summed E-state index contributed by atoms with van der Waals surface area (Å²) >= 11 is 0. The number of para-hydroxylation sites is 2. The van der Waals surface area contributed by atoms with E-state index in [0.717, 1.165) is 11.1 Å². The Hall–Kier alpha value is -2.82. The number of methoxy groups -OCH3 is 1. The van der Waals surface area contributed by atoms with E-state index in [-0.39, 0.29) is 12.3 Å². The zero-order valence-corrected chi connectivity index (χ0v) is 13.5. The summed E-state index contributed by atoms with van der Waals surface area (Å²) in [6.07, 6.45) is -0.259. The highest BCUT2D eigenvalue weighted by molar-refractivity contribution is 6.08. The molecule has 0 saturated carbocycles. The van der Waals surface area contributed by atoms with E-state index < -0.39 is 5.91 Å². The Balaban J connectivity index is 1.96. The smallest absolute Gasteiger partial charge is 0.233 e. The molecule has 5 nitrogen and oxygen atoms in total. The summed E-state index contributed by atoms with van der Waals surface area (Å²) in [7, 11) is 1.53. The van der Waals surface area contributed by atoms with Gasteiger partial charge in [-0.2, -0.15) is 0 Å². The second-order valence-corrected chi connectivity index (χ2v) is 5.29. The molecular weight excluding hydrogens is 292 g/mol. The molecule has 0 aliphatic heterocycles. The molecule has 2 rings (SSSR count). The lowest BCUT2D eigenvalue weighted by atomic mass is 10.1. The molecular formula is C18H20N2O3. The van der Waals surface area contributed by atoms with Gasteiger partial charge in [-0.25, -0.2) is 0 Å². The second-order valence-electron chi connectivity index (χ2n) is 5.29. The maximum atomic E-state index is 12.0. The predicted molar refractivity (Wildman–Crippen MR) is 90.8 cm³/mol. The van der Waals surface area contributed by atoms with Gasteiger partial charge in [0.15, 0.2) is 0 Å². The Labute approximate surface area is 135 Å². The van der Waals surface area contributed by atoms with Crippen molar-refractivity contribution in [3.8, 4) is 5.75 Å². The summed E-state index contributed by atoms with van der Waals surface area (Å²) in [5.74, 6) is -0.197. The third-order valence-corrected chi connectivity index (χ3v) is 3.36. The SMILES string of the molecule is COc1ccccc1NC(=O)CC(=O)Nc1ccc(C)cc1C. The minimum Gasteiger partial charge on any atom is -0.495 e. The lowest BCUT2D eigenvalue weighted by Gasteiger charge is -2.11. The topological polar surface area (TPSA) is 67.4 Å². The summed E-state index contributed by atoms with van der Waals surface area (Å²) in [6.45, 7) is 3.90. The van der Waals surface area contributed by atoms with Gasteiger partial charge >= 0.3 is 0 Å². The van der Waals surface area contributed by atoms with Crippen molar-refractivity contribution < 1.29 is 14.3 Å². The van der Waals surface area contributed by atoms with Gasteiger partial charge in [0.2, 0.25) is 11.8 Å². The molecule has 0 spiro atoms. The highest BCUT2D eigenvalue weighted by atomic mass is 16.5. The van der Waals surface area contributed by atoms with Gasteiger partial charge in [-0.3, -0.25) is 9.59 Å². The molecule has 5 heteroatoms. The molecule has 2 N–H and O–H groups in total. The molecule has 0 aliphatic rings. The number of hydrogen-bond acceptors (Lipinski definition) is 3. The van der Waals surface area contributed by atoms with E-state index in [2.05, 4.69) is 10.6 Å². The number of ether oxygens (including phenoxy) is 1. The maximum absolute atomic E-state index is 12.0. The lowest BCUT2D eigenvalue weighted by molar-refractivity contribution is -0.123. The van der Waals surface area contributed by atoms with Crippen LogP contribution in [-0.2, 0) is 9.59 Å². The van der Waals surface area contributed by atoms with Crippen molar-refractivity contribution in [3.63, 3.8) is 0 Å². The first-order valence-electron chi connectivity index (χ1n) is 7.29. The summed E-state index contributed by atoms with van der Waals surface area (Å²) in [5.41, 5.74) is 3.34. The second kappa shape index (κ2) is 7.45. The van der Waals surface area contributed by atoms with Gasteiger partial charge in [0.05, 0.1) is 12.8 Å².